The summed E-state index contributed by atoms with van der Waals surface area (Å²) in [4.78, 5) is 14.5. The van der Waals surface area contributed by atoms with Crippen LogP contribution in [0.3, 0.4) is 0 Å². The van der Waals surface area contributed by atoms with Gasteiger partial charge >= 0.3 is 0 Å². The number of nitro groups is 1. The summed E-state index contributed by atoms with van der Waals surface area (Å²) in [6.45, 7) is 0.479. The van der Waals surface area contributed by atoms with Crippen LogP contribution in [0.2, 0.25) is 0 Å². The number of hydrogen-bond acceptors (Lipinski definition) is 7. The lowest BCUT2D eigenvalue weighted by atomic mass is 10.2. The molecule has 0 radical (unpaired) electrons. The van der Waals surface area contributed by atoms with Crippen LogP contribution in [0.1, 0.15) is 5.01 Å². The van der Waals surface area contributed by atoms with E-state index in [9.17, 15) is 18.5 Å². The Kier molecular flexibility index (Phi) is 4.53. The number of sulfone groups is 1. The Balaban J connectivity index is 2.17. The van der Waals surface area contributed by atoms with Crippen molar-refractivity contribution >= 4 is 32.5 Å². The summed E-state index contributed by atoms with van der Waals surface area (Å²) in [7, 11) is -3.47. The van der Waals surface area contributed by atoms with Gasteiger partial charge in [-0.2, -0.15) is 0 Å². The Bertz CT molecular complexity index is 742. The highest BCUT2D eigenvalue weighted by Crippen LogP contribution is 2.27. The topological polar surface area (TPSA) is 102 Å². The SMILES string of the molecule is CS(=O)(=O)c1ccc(NCCc2nccs2)c([N+](=O)[O-])c1. The van der Waals surface area contributed by atoms with Crippen LogP contribution in [0.25, 0.3) is 0 Å². The summed E-state index contributed by atoms with van der Waals surface area (Å²) in [5.41, 5.74) is 0.0426. The van der Waals surface area contributed by atoms with E-state index in [1.54, 1.807) is 6.20 Å². The molecule has 0 aliphatic carbocycles. The first-order valence-corrected chi connectivity index (χ1v) is 8.76. The van der Waals surface area contributed by atoms with E-state index in [0.717, 1.165) is 17.3 Å². The normalized spacial score (nSPS) is 11.3. The number of rotatable bonds is 6. The van der Waals surface area contributed by atoms with Crippen LogP contribution in [-0.2, 0) is 16.3 Å². The molecule has 0 saturated heterocycles. The molecule has 0 fully saturated rings. The van der Waals surface area contributed by atoms with Crippen molar-refractivity contribution in [2.45, 2.75) is 11.3 Å². The van der Waals surface area contributed by atoms with Crippen molar-refractivity contribution < 1.29 is 13.3 Å². The van der Waals surface area contributed by atoms with Crippen molar-refractivity contribution in [1.82, 2.24) is 4.98 Å². The third-order valence-corrected chi connectivity index (χ3v) is 4.68. The number of anilines is 1. The molecule has 0 spiro atoms. The van der Waals surface area contributed by atoms with Crippen molar-refractivity contribution in [3.05, 3.63) is 44.9 Å². The zero-order chi connectivity index (χ0) is 15.5. The fourth-order valence-electron chi connectivity index (χ4n) is 1.72. The number of nitrogens with zero attached hydrogens (tertiary/aromatic N) is 2. The van der Waals surface area contributed by atoms with Gasteiger partial charge in [0.05, 0.1) is 14.8 Å². The van der Waals surface area contributed by atoms with Gasteiger partial charge < -0.3 is 5.32 Å². The quantitative estimate of drug-likeness (QED) is 0.644. The molecule has 0 bridgehead atoms. The summed E-state index contributed by atoms with van der Waals surface area (Å²) in [6.07, 6.45) is 3.35. The van der Waals surface area contributed by atoms with Gasteiger partial charge in [0.15, 0.2) is 9.84 Å². The van der Waals surface area contributed by atoms with Crippen molar-refractivity contribution in [1.29, 1.82) is 0 Å². The predicted octanol–water partition coefficient (Wildman–Crippen LogP) is 2.11. The monoisotopic (exact) mass is 327 g/mol. The molecule has 0 atom stereocenters. The number of thiazole rings is 1. The molecule has 7 nitrogen and oxygen atoms in total. The smallest absolute Gasteiger partial charge is 0.293 e. The van der Waals surface area contributed by atoms with Gasteiger partial charge in [0, 0.05) is 36.9 Å². The van der Waals surface area contributed by atoms with Crippen molar-refractivity contribution in [2.24, 2.45) is 0 Å². The van der Waals surface area contributed by atoms with E-state index in [0.29, 0.717) is 18.7 Å². The number of nitrogens with one attached hydrogen (secondary N) is 1. The lowest BCUT2D eigenvalue weighted by Gasteiger charge is -2.07. The van der Waals surface area contributed by atoms with E-state index >= 15 is 0 Å². The summed E-state index contributed by atoms with van der Waals surface area (Å²) in [6, 6.07) is 3.84. The minimum absolute atomic E-state index is 0.0697. The van der Waals surface area contributed by atoms with Gasteiger partial charge in [0.2, 0.25) is 0 Å². The van der Waals surface area contributed by atoms with Crippen LogP contribution in [0.5, 0.6) is 0 Å². The minimum Gasteiger partial charge on any atom is -0.379 e. The number of benzene rings is 1. The van der Waals surface area contributed by atoms with E-state index in [1.165, 1.54) is 23.5 Å². The van der Waals surface area contributed by atoms with Gasteiger partial charge in [-0.3, -0.25) is 10.1 Å². The molecule has 1 N–H and O–H groups in total. The maximum Gasteiger partial charge on any atom is 0.293 e. The summed E-state index contributed by atoms with van der Waals surface area (Å²) >= 11 is 1.51. The van der Waals surface area contributed by atoms with Gasteiger partial charge in [-0.05, 0) is 12.1 Å². The molecule has 0 aliphatic rings. The lowest BCUT2D eigenvalue weighted by Crippen LogP contribution is -2.08. The van der Waals surface area contributed by atoms with Crippen LogP contribution >= 0.6 is 11.3 Å². The second-order valence-corrected chi connectivity index (χ2v) is 7.31. The van der Waals surface area contributed by atoms with Gasteiger partial charge in [-0.1, -0.05) is 0 Å². The Hall–Kier alpha value is -2.00. The van der Waals surface area contributed by atoms with Crippen LogP contribution in [0.4, 0.5) is 11.4 Å². The molecule has 112 valence electrons. The number of hydrogen-bond donors (Lipinski definition) is 1. The first-order valence-electron chi connectivity index (χ1n) is 5.98. The van der Waals surface area contributed by atoms with E-state index in [1.807, 2.05) is 5.38 Å². The molecular formula is C12H13N3O4S2. The Labute approximate surface area is 125 Å². The van der Waals surface area contributed by atoms with E-state index < -0.39 is 14.8 Å². The number of aromatic nitrogens is 1. The van der Waals surface area contributed by atoms with Crippen LogP contribution < -0.4 is 5.32 Å². The average Bonchev–Trinajstić information content (AvgIpc) is 2.90. The van der Waals surface area contributed by atoms with E-state index in [4.69, 9.17) is 0 Å². The summed E-state index contributed by atoms with van der Waals surface area (Å²) in [5.74, 6) is 0. The van der Waals surface area contributed by atoms with E-state index in [2.05, 4.69) is 10.3 Å². The summed E-state index contributed by atoms with van der Waals surface area (Å²) < 4.78 is 22.9. The molecule has 9 heteroatoms. The fourth-order valence-corrected chi connectivity index (χ4v) is 2.98. The maximum atomic E-state index is 11.4. The molecule has 0 unspecified atom stereocenters. The second kappa shape index (κ2) is 6.19. The van der Waals surface area contributed by atoms with Crippen LogP contribution in [0.15, 0.2) is 34.7 Å². The molecule has 0 aliphatic heterocycles. The highest BCUT2D eigenvalue weighted by atomic mass is 32.2. The minimum atomic E-state index is -3.47. The third kappa shape index (κ3) is 3.99. The van der Waals surface area contributed by atoms with E-state index in [-0.39, 0.29) is 10.6 Å². The second-order valence-electron chi connectivity index (χ2n) is 4.31. The molecular weight excluding hydrogens is 314 g/mol. The highest BCUT2D eigenvalue weighted by Gasteiger charge is 2.18. The molecule has 0 saturated carbocycles. The fraction of sp³-hybridized carbons (Fsp3) is 0.250. The molecule has 1 aromatic carbocycles. The Morgan fingerprint density at radius 1 is 1.43 bits per heavy atom. The molecule has 2 aromatic rings. The van der Waals surface area contributed by atoms with Crippen molar-refractivity contribution in [2.75, 3.05) is 18.1 Å². The largest absolute Gasteiger partial charge is 0.379 e. The van der Waals surface area contributed by atoms with Crippen LogP contribution in [0, 0.1) is 10.1 Å². The van der Waals surface area contributed by atoms with Crippen LogP contribution in [-0.4, -0.2) is 31.1 Å². The first kappa shape index (κ1) is 15.4. The van der Waals surface area contributed by atoms with Gasteiger partial charge in [0.25, 0.3) is 5.69 Å². The Morgan fingerprint density at radius 3 is 2.76 bits per heavy atom. The molecule has 1 heterocycles. The molecule has 0 amide bonds. The standard InChI is InChI=1S/C12H13N3O4S2/c1-21(18,19)9-2-3-10(11(8-9)15(16)17)13-5-4-12-14-6-7-20-12/h2-3,6-8,13H,4-5H2,1H3. The van der Waals surface area contributed by atoms with Gasteiger partial charge in [-0.15, -0.1) is 11.3 Å². The average molecular weight is 327 g/mol. The highest BCUT2D eigenvalue weighted by molar-refractivity contribution is 7.90. The zero-order valence-electron chi connectivity index (χ0n) is 11.1. The lowest BCUT2D eigenvalue weighted by molar-refractivity contribution is -0.384. The third-order valence-electron chi connectivity index (χ3n) is 2.73. The van der Waals surface area contributed by atoms with Gasteiger partial charge in [0.1, 0.15) is 5.69 Å². The molecule has 21 heavy (non-hydrogen) atoms. The van der Waals surface area contributed by atoms with Gasteiger partial charge in [-0.25, -0.2) is 13.4 Å². The zero-order valence-corrected chi connectivity index (χ0v) is 12.8. The number of nitro benzene ring substituents is 1. The summed E-state index contributed by atoms with van der Waals surface area (Å²) in [5, 5.41) is 16.8. The van der Waals surface area contributed by atoms with Crippen molar-refractivity contribution in [3.63, 3.8) is 0 Å². The predicted molar refractivity (Wildman–Crippen MR) is 80.5 cm³/mol. The molecule has 1 aromatic heterocycles. The Morgan fingerprint density at radius 2 is 2.19 bits per heavy atom. The molecule has 2 rings (SSSR count). The van der Waals surface area contributed by atoms with Crippen molar-refractivity contribution in [3.8, 4) is 0 Å². The maximum absolute atomic E-state index is 11.4. The first-order chi connectivity index (χ1) is 9.88.